The molecule has 0 spiro atoms. The largest absolute Gasteiger partial charge is 0.464 e. The van der Waals surface area contributed by atoms with Crippen molar-refractivity contribution in [1.29, 1.82) is 0 Å². The van der Waals surface area contributed by atoms with Crippen LogP contribution in [0.4, 0.5) is 14.5 Å². The fourth-order valence-corrected chi connectivity index (χ4v) is 2.04. The summed E-state index contributed by atoms with van der Waals surface area (Å²) < 4.78 is 34.5. The fourth-order valence-electron chi connectivity index (χ4n) is 1.43. The summed E-state index contributed by atoms with van der Waals surface area (Å²) in [4.78, 5) is 11.5. The van der Waals surface area contributed by atoms with Gasteiger partial charge in [-0.3, -0.25) is 0 Å². The number of hydrogen-bond donors (Lipinski definition) is 1. The van der Waals surface area contributed by atoms with Crippen LogP contribution in [0, 0.1) is 0 Å². The van der Waals surface area contributed by atoms with Gasteiger partial charge in [0.05, 0.1) is 13.2 Å². The Morgan fingerprint density at radius 1 is 1.40 bits per heavy atom. The van der Waals surface area contributed by atoms with E-state index in [9.17, 15) is 13.6 Å². The van der Waals surface area contributed by atoms with Crippen molar-refractivity contribution in [3.8, 4) is 0 Å². The van der Waals surface area contributed by atoms with Crippen LogP contribution < -0.4 is 5.32 Å². The molecule has 0 aliphatic heterocycles. The van der Waals surface area contributed by atoms with Crippen molar-refractivity contribution >= 4 is 23.4 Å². The van der Waals surface area contributed by atoms with E-state index in [1.807, 2.05) is 0 Å². The van der Waals surface area contributed by atoms with E-state index < -0.39 is 11.7 Å². The highest BCUT2D eigenvalue weighted by Gasteiger charge is 2.09. The summed E-state index contributed by atoms with van der Waals surface area (Å²) in [6.45, 7) is 2.63. The van der Waals surface area contributed by atoms with Crippen LogP contribution >= 0.6 is 11.8 Å². The molecule has 4 nitrogen and oxygen atoms in total. The minimum absolute atomic E-state index is 0.108. The van der Waals surface area contributed by atoms with E-state index in [0.29, 0.717) is 35.5 Å². The van der Waals surface area contributed by atoms with E-state index in [4.69, 9.17) is 9.47 Å². The molecule has 0 atom stereocenters. The average Bonchev–Trinajstić information content (AvgIpc) is 2.40. The molecule has 1 N–H and O–H groups in total. The smallest absolute Gasteiger partial charge is 0.332 e. The van der Waals surface area contributed by atoms with E-state index in [0.717, 1.165) is 0 Å². The minimum Gasteiger partial charge on any atom is -0.464 e. The second kappa shape index (κ2) is 9.55. The number of hydrogen-bond acceptors (Lipinski definition) is 5. The maximum Gasteiger partial charge on any atom is 0.332 e. The molecule has 20 heavy (non-hydrogen) atoms. The molecule has 0 aliphatic rings. The van der Waals surface area contributed by atoms with Gasteiger partial charge >= 0.3 is 5.97 Å². The molecule has 7 heteroatoms. The third-order valence-electron chi connectivity index (χ3n) is 2.19. The lowest BCUT2D eigenvalue weighted by Crippen LogP contribution is -2.16. The summed E-state index contributed by atoms with van der Waals surface area (Å²) >= 11 is 0.490. The first kappa shape index (κ1) is 16.7. The molecule has 0 unspecified atom stereocenters. The molecular formula is C13H17F2NO3S. The first-order valence-corrected chi connectivity index (χ1v) is 7.02. The molecule has 0 saturated carbocycles. The van der Waals surface area contributed by atoms with Gasteiger partial charge in [-0.05, 0) is 19.1 Å². The van der Waals surface area contributed by atoms with Crippen LogP contribution in [-0.2, 0) is 14.3 Å². The molecule has 1 aromatic carbocycles. The maximum absolute atomic E-state index is 12.4. The van der Waals surface area contributed by atoms with Gasteiger partial charge in [0.1, 0.15) is 6.61 Å². The van der Waals surface area contributed by atoms with Crippen LogP contribution in [0.15, 0.2) is 29.2 Å². The molecule has 0 fully saturated rings. The average molecular weight is 305 g/mol. The lowest BCUT2D eigenvalue weighted by Gasteiger charge is -2.11. The summed E-state index contributed by atoms with van der Waals surface area (Å²) in [6.07, 6.45) is 0. The van der Waals surface area contributed by atoms with Gasteiger partial charge in [0.25, 0.3) is 5.76 Å². The number of thioether (sulfide) groups is 1. The van der Waals surface area contributed by atoms with Crippen LogP contribution in [0.1, 0.15) is 6.92 Å². The normalized spacial score (nSPS) is 10.6. The number of benzene rings is 1. The number of alkyl halides is 2. The maximum atomic E-state index is 12.4. The highest BCUT2D eigenvalue weighted by molar-refractivity contribution is 7.99. The van der Waals surface area contributed by atoms with Gasteiger partial charge in [0, 0.05) is 17.1 Å². The van der Waals surface area contributed by atoms with Crippen molar-refractivity contribution in [2.75, 3.05) is 31.7 Å². The number of halogens is 2. The number of esters is 1. The van der Waals surface area contributed by atoms with Crippen molar-refractivity contribution in [2.24, 2.45) is 0 Å². The first-order valence-electron chi connectivity index (χ1n) is 6.14. The van der Waals surface area contributed by atoms with Crippen LogP contribution in [0.25, 0.3) is 0 Å². The zero-order valence-electron chi connectivity index (χ0n) is 11.1. The first-order chi connectivity index (χ1) is 9.63. The lowest BCUT2D eigenvalue weighted by atomic mass is 10.3. The quantitative estimate of drug-likeness (QED) is 0.432. The molecule has 0 saturated heterocycles. The van der Waals surface area contributed by atoms with Gasteiger partial charge in [-0.1, -0.05) is 23.9 Å². The molecule has 0 aliphatic carbocycles. The highest BCUT2D eigenvalue weighted by Crippen LogP contribution is 2.31. The third-order valence-corrected chi connectivity index (χ3v) is 2.98. The molecule has 1 aromatic rings. The topological polar surface area (TPSA) is 47.6 Å². The third kappa shape index (κ3) is 6.72. The molecule has 0 aromatic heterocycles. The Morgan fingerprint density at radius 3 is 2.85 bits per heavy atom. The van der Waals surface area contributed by atoms with Crippen LogP contribution in [0.5, 0.6) is 0 Å². The van der Waals surface area contributed by atoms with Gasteiger partial charge in [-0.25, -0.2) is 4.79 Å². The number of carbonyl (C=O) groups excluding carboxylic acids is 1. The zero-order chi connectivity index (χ0) is 14.8. The molecular weight excluding hydrogens is 288 g/mol. The lowest BCUT2D eigenvalue weighted by molar-refractivity contribution is -0.148. The summed E-state index contributed by atoms with van der Waals surface area (Å²) in [5, 5.41) is 2.99. The van der Waals surface area contributed by atoms with Crippen LogP contribution in [0.2, 0.25) is 0 Å². The number of ether oxygens (including phenoxy) is 2. The fraction of sp³-hybridized carbons (Fsp3) is 0.462. The minimum atomic E-state index is -2.46. The number of nitrogens with one attached hydrogen (secondary N) is 1. The Kier molecular flexibility index (Phi) is 7.98. The van der Waals surface area contributed by atoms with E-state index in [2.05, 4.69) is 5.32 Å². The molecule has 0 amide bonds. The standard InChI is InChI=1S/C13H17F2NO3S/c1-2-19-12(17)9-18-8-7-16-10-5-3-4-6-11(10)20-13(14)15/h3-6,13,16H,2,7-9H2,1H3. The summed E-state index contributed by atoms with van der Waals surface area (Å²) in [5.41, 5.74) is 0.623. The molecule has 0 radical (unpaired) electrons. The summed E-state index contributed by atoms with van der Waals surface area (Å²) in [7, 11) is 0. The number of para-hydroxylation sites is 1. The Labute approximate surface area is 120 Å². The summed E-state index contributed by atoms with van der Waals surface area (Å²) in [6, 6.07) is 6.80. The monoisotopic (exact) mass is 305 g/mol. The van der Waals surface area contributed by atoms with Crippen molar-refractivity contribution < 1.29 is 23.0 Å². The predicted molar refractivity (Wildman–Crippen MR) is 74.2 cm³/mol. The van der Waals surface area contributed by atoms with E-state index >= 15 is 0 Å². The van der Waals surface area contributed by atoms with E-state index in [1.54, 1.807) is 31.2 Å². The number of carbonyl (C=O) groups is 1. The SMILES string of the molecule is CCOC(=O)COCCNc1ccccc1SC(F)F. The van der Waals surface area contributed by atoms with Crippen LogP contribution in [0.3, 0.4) is 0 Å². The second-order valence-corrected chi connectivity index (χ2v) is 4.69. The van der Waals surface area contributed by atoms with Crippen molar-refractivity contribution in [1.82, 2.24) is 0 Å². The van der Waals surface area contributed by atoms with E-state index in [1.165, 1.54) is 0 Å². The number of anilines is 1. The highest BCUT2D eigenvalue weighted by atomic mass is 32.2. The zero-order valence-corrected chi connectivity index (χ0v) is 11.9. The Balaban J connectivity index is 2.29. The van der Waals surface area contributed by atoms with Gasteiger partial charge < -0.3 is 14.8 Å². The van der Waals surface area contributed by atoms with Crippen molar-refractivity contribution in [2.45, 2.75) is 17.6 Å². The van der Waals surface area contributed by atoms with Crippen molar-refractivity contribution in [3.63, 3.8) is 0 Å². The van der Waals surface area contributed by atoms with Crippen LogP contribution in [-0.4, -0.2) is 38.1 Å². The molecule has 0 heterocycles. The Bertz CT molecular complexity index is 418. The van der Waals surface area contributed by atoms with Gasteiger partial charge in [-0.2, -0.15) is 8.78 Å². The predicted octanol–water partition coefficient (Wildman–Crippen LogP) is 2.99. The molecule has 1 rings (SSSR count). The Morgan fingerprint density at radius 2 is 2.15 bits per heavy atom. The Hall–Kier alpha value is -1.34. The van der Waals surface area contributed by atoms with Crippen molar-refractivity contribution in [3.05, 3.63) is 24.3 Å². The summed E-state index contributed by atoms with van der Waals surface area (Å²) in [5.74, 6) is -2.88. The van der Waals surface area contributed by atoms with Gasteiger partial charge in [0.15, 0.2) is 0 Å². The molecule has 0 bridgehead atoms. The number of rotatable bonds is 9. The second-order valence-electron chi connectivity index (χ2n) is 3.66. The van der Waals surface area contributed by atoms with Gasteiger partial charge in [-0.15, -0.1) is 0 Å². The molecule has 112 valence electrons. The van der Waals surface area contributed by atoms with E-state index in [-0.39, 0.29) is 13.2 Å². The van der Waals surface area contributed by atoms with Gasteiger partial charge in [0.2, 0.25) is 0 Å².